The van der Waals surface area contributed by atoms with Crippen molar-refractivity contribution in [2.45, 2.75) is 31.4 Å². The minimum Gasteiger partial charge on any atom is -0.509 e. The summed E-state index contributed by atoms with van der Waals surface area (Å²) in [5.74, 6) is -0.321. The third kappa shape index (κ3) is 5.59. The Kier molecular flexibility index (Phi) is 7.64. The second kappa shape index (κ2) is 9.87. The highest BCUT2D eigenvalue weighted by Crippen LogP contribution is 2.21. The minimum atomic E-state index is -3.38. The number of rotatable bonds is 6. The maximum Gasteiger partial charge on any atom is 0.281 e. The Morgan fingerprint density at radius 2 is 1.77 bits per heavy atom. The third-order valence-corrected chi connectivity index (χ3v) is 8.10. The average molecular weight is 450 g/mol. The predicted molar refractivity (Wildman–Crippen MR) is 119 cm³/mol. The summed E-state index contributed by atoms with van der Waals surface area (Å²) in [5, 5.41) is 19.9. The van der Waals surface area contributed by atoms with Crippen LogP contribution in [0.15, 0.2) is 18.2 Å². The Morgan fingerprint density at radius 1 is 1.16 bits per heavy atom. The normalized spacial score (nSPS) is 20.8. The topological polar surface area (TPSA) is 105 Å². The van der Waals surface area contributed by atoms with Gasteiger partial charge in [0.25, 0.3) is 16.1 Å². The van der Waals surface area contributed by atoms with E-state index in [1.807, 2.05) is 0 Å². The quantitative estimate of drug-likeness (QED) is 0.512. The lowest BCUT2D eigenvalue weighted by molar-refractivity contribution is -0.141. The fourth-order valence-electron chi connectivity index (χ4n) is 4.23. The Bertz CT molecular complexity index is 882. The van der Waals surface area contributed by atoms with Gasteiger partial charge in [-0.3, -0.25) is 9.69 Å². The molecule has 1 aromatic carbocycles. The van der Waals surface area contributed by atoms with Gasteiger partial charge in [-0.1, -0.05) is 17.6 Å². The van der Waals surface area contributed by atoms with Gasteiger partial charge in [-0.2, -0.15) is 17.0 Å². The van der Waals surface area contributed by atoms with Crippen molar-refractivity contribution in [1.29, 1.82) is 0 Å². The highest BCUT2D eigenvalue weighted by atomic mass is 32.2. The molecule has 170 valence electrons. The standard InChI is InChI=1S/C20H31BN4O5S/c1-22(2)31(29,30)25-11-9-23(10-12-25)16-5-7-24(8-6-16)20(28)19(27)14-15-3-4-18(26)17(21)13-15/h3-4,13,16,19,26-27H,5-12,14H2,1-2H3/t19-/m1/s1. The maximum absolute atomic E-state index is 12.7. The number of piperazine rings is 1. The number of hydrogen-bond acceptors (Lipinski definition) is 6. The molecule has 11 heteroatoms. The number of amides is 1. The van der Waals surface area contributed by atoms with E-state index in [0.717, 1.165) is 12.8 Å². The number of phenols is 1. The van der Waals surface area contributed by atoms with Crippen LogP contribution in [0.3, 0.4) is 0 Å². The summed E-state index contributed by atoms with van der Waals surface area (Å²) in [6, 6.07) is 4.97. The summed E-state index contributed by atoms with van der Waals surface area (Å²) in [4.78, 5) is 16.7. The van der Waals surface area contributed by atoms with Crippen molar-refractivity contribution in [2.24, 2.45) is 0 Å². The number of aliphatic hydroxyl groups excluding tert-OH is 1. The van der Waals surface area contributed by atoms with Crippen LogP contribution in [0.5, 0.6) is 5.75 Å². The zero-order valence-electron chi connectivity index (χ0n) is 18.1. The highest BCUT2D eigenvalue weighted by Gasteiger charge is 2.34. The van der Waals surface area contributed by atoms with E-state index < -0.39 is 16.3 Å². The van der Waals surface area contributed by atoms with Gasteiger partial charge in [0.05, 0.1) is 0 Å². The number of likely N-dealkylation sites (tertiary alicyclic amines) is 1. The lowest BCUT2D eigenvalue weighted by atomic mass is 9.91. The molecule has 0 aliphatic carbocycles. The first-order valence-electron chi connectivity index (χ1n) is 10.6. The fourth-order valence-corrected chi connectivity index (χ4v) is 5.32. The van der Waals surface area contributed by atoms with Crippen LogP contribution in [-0.2, 0) is 21.4 Å². The zero-order valence-corrected chi connectivity index (χ0v) is 19.0. The van der Waals surface area contributed by atoms with Crippen molar-refractivity contribution < 1.29 is 23.4 Å². The number of aromatic hydroxyl groups is 1. The molecule has 2 saturated heterocycles. The maximum atomic E-state index is 12.7. The first-order valence-corrected chi connectivity index (χ1v) is 11.9. The molecule has 2 heterocycles. The zero-order chi connectivity index (χ0) is 22.8. The summed E-state index contributed by atoms with van der Waals surface area (Å²) in [6.07, 6.45) is 0.585. The van der Waals surface area contributed by atoms with Gasteiger partial charge < -0.3 is 15.1 Å². The van der Waals surface area contributed by atoms with Gasteiger partial charge in [0.2, 0.25) is 0 Å². The van der Waals surface area contributed by atoms with Crippen LogP contribution in [0, 0.1) is 0 Å². The summed E-state index contributed by atoms with van der Waals surface area (Å²) < 4.78 is 27.3. The van der Waals surface area contributed by atoms with Gasteiger partial charge in [0, 0.05) is 65.8 Å². The third-order valence-electron chi connectivity index (χ3n) is 6.16. The molecule has 0 bridgehead atoms. The largest absolute Gasteiger partial charge is 0.509 e. The number of phenolic OH excluding ortho intramolecular Hbond substituents is 1. The van der Waals surface area contributed by atoms with Gasteiger partial charge >= 0.3 is 0 Å². The molecule has 31 heavy (non-hydrogen) atoms. The molecule has 0 spiro atoms. The van der Waals surface area contributed by atoms with Crippen LogP contribution in [0.25, 0.3) is 0 Å². The van der Waals surface area contributed by atoms with Crippen LogP contribution < -0.4 is 5.46 Å². The summed E-state index contributed by atoms with van der Waals surface area (Å²) in [7, 11) is 5.38. The lowest BCUT2D eigenvalue weighted by Gasteiger charge is -2.43. The molecular formula is C20H31BN4O5S. The van der Waals surface area contributed by atoms with Crippen molar-refractivity contribution in [1.82, 2.24) is 18.4 Å². The predicted octanol–water partition coefficient (Wildman–Crippen LogP) is -1.50. The van der Waals surface area contributed by atoms with Gasteiger partial charge in [-0.25, -0.2) is 0 Å². The van der Waals surface area contributed by atoms with E-state index in [2.05, 4.69) is 4.90 Å². The summed E-state index contributed by atoms with van der Waals surface area (Å²) in [5.41, 5.74) is 0.910. The van der Waals surface area contributed by atoms with Gasteiger partial charge in [-0.15, -0.1) is 0 Å². The first kappa shape index (κ1) is 24.0. The van der Waals surface area contributed by atoms with Crippen LogP contribution >= 0.6 is 0 Å². The molecule has 1 aromatic rings. The van der Waals surface area contributed by atoms with Crippen molar-refractivity contribution in [3.8, 4) is 5.75 Å². The number of carbonyl (C=O) groups is 1. The van der Waals surface area contributed by atoms with Crippen LogP contribution in [0.4, 0.5) is 0 Å². The van der Waals surface area contributed by atoms with Gasteiger partial charge in [-0.05, 0) is 24.5 Å². The SMILES string of the molecule is [B]c1cc(C[C@@H](O)C(=O)N2CCC(N3CCN(S(=O)(=O)N(C)C)CC3)CC2)ccc1O. The second-order valence-corrected chi connectivity index (χ2v) is 10.5. The molecule has 2 fully saturated rings. The van der Waals surface area contributed by atoms with E-state index in [0.29, 0.717) is 50.9 Å². The number of hydrogen-bond donors (Lipinski definition) is 2. The number of piperidine rings is 1. The summed E-state index contributed by atoms with van der Waals surface area (Å²) >= 11 is 0. The van der Waals surface area contributed by atoms with Crippen LogP contribution in [-0.4, -0.2) is 116 Å². The van der Waals surface area contributed by atoms with E-state index >= 15 is 0 Å². The lowest BCUT2D eigenvalue weighted by Crippen LogP contribution is -2.56. The molecule has 2 N–H and O–H groups in total. The Balaban J connectivity index is 1.47. The van der Waals surface area contributed by atoms with Crippen molar-refractivity contribution in [3.63, 3.8) is 0 Å². The Hall–Kier alpha value is -1.66. The number of benzene rings is 1. The number of nitrogens with zero attached hydrogens (tertiary/aromatic N) is 4. The number of carbonyl (C=O) groups excluding carboxylic acids is 1. The van der Waals surface area contributed by atoms with E-state index in [9.17, 15) is 23.4 Å². The second-order valence-electron chi connectivity index (χ2n) is 8.39. The summed E-state index contributed by atoms with van der Waals surface area (Å²) in [6.45, 7) is 3.42. The highest BCUT2D eigenvalue weighted by molar-refractivity contribution is 7.86. The fraction of sp³-hybridized carbons (Fsp3) is 0.650. The average Bonchev–Trinajstić information content (AvgIpc) is 2.76. The molecule has 0 saturated carbocycles. The Labute approximate surface area is 185 Å². The molecule has 1 atom stereocenters. The van der Waals surface area contributed by atoms with Crippen LogP contribution in [0.2, 0.25) is 0 Å². The monoisotopic (exact) mass is 450 g/mol. The van der Waals surface area contributed by atoms with Crippen molar-refractivity contribution in [2.75, 3.05) is 53.4 Å². The molecule has 0 aromatic heterocycles. The van der Waals surface area contributed by atoms with Gasteiger partial charge in [0.15, 0.2) is 0 Å². The van der Waals surface area contributed by atoms with E-state index in [1.54, 1.807) is 31.1 Å². The molecule has 0 unspecified atom stereocenters. The van der Waals surface area contributed by atoms with Crippen molar-refractivity contribution in [3.05, 3.63) is 23.8 Å². The molecular weight excluding hydrogens is 419 g/mol. The number of aliphatic hydroxyl groups is 1. The first-order chi connectivity index (χ1) is 14.6. The smallest absolute Gasteiger partial charge is 0.281 e. The van der Waals surface area contributed by atoms with Crippen molar-refractivity contribution >= 4 is 29.4 Å². The van der Waals surface area contributed by atoms with E-state index in [-0.39, 0.29) is 23.5 Å². The van der Waals surface area contributed by atoms with E-state index in [1.165, 1.54) is 14.7 Å². The molecule has 2 aliphatic heterocycles. The van der Waals surface area contributed by atoms with E-state index in [4.69, 9.17) is 7.85 Å². The van der Waals surface area contributed by atoms with Gasteiger partial charge in [0.1, 0.15) is 19.7 Å². The molecule has 3 rings (SSSR count). The molecule has 9 nitrogen and oxygen atoms in total. The molecule has 2 aliphatic rings. The Morgan fingerprint density at radius 3 is 2.32 bits per heavy atom. The van der Waals surface area contributed by atoms with Crippen LogP contribution in [0.1, 0.15) is 18.4 Å². The molecule has 2 radical (unpaired) electrons. The molecule has 1 amide bonds. The minimum absolute atomic E-state index is 0.0215.